The smallest absolute Gasteiger partial charge is 0.221 e. The molecule has 2 fully saturated rings. The molecule has 1 aromatic carbocycles. The van der Waals surface area contributed by atoms with E-state index in [4.69, 9.17) is 4.74 Å². The Bertz CT molecular complexity index is 535. The molecule has 0 radical (unpaired) electrons. The van der Waals surface area contributed by atoms with Crippen LogP contribution in [0.2, 0.25) is 0 Å². The summed E-state index contributed by atoms with van der Waals surface area (Å²) in [6, 6.07) is 8.79. The molecule has 0 aromatic heterocycles. The van der Waals surface area contributed by atoms with Gasteiger partial charge in [-0.2, -0.15) is 0 Å². The van der Waals surface area contributed by atoms with Gasteiger partial charge >= 0.3 is 0 Å². The van der Waals surface area contributed by atoms with Crippen molar-refractivity contribution < 1.29 is 9.53 Å². The maximum atomic E-state index is 12.3. The summed E-state index contributed by atoms with van der Waals surface area (Å²) in [5.41, 5.74) is 1.42. The average molecular weight is 367 g/mol. The number of ether oxygens (including phenoxy) is 1. The largest absolute Gasteiger partial charge is 0.497 e. The lowest BCUT2D eigenvalue weighted by Crippen LogP contribution is -2.43. The fourth-order valence-electron chi connectivity index (χ4n) is 4.24. The molecule has 25 heavy (non-hydrogen) atoms. The van der Waals surface area contributed by atoms with E-state index in [1.54, 1.807) is 7.11 Å². The van der Waals surface area contributed by atoms with Crippen molar-refractivity contribution in [2.75, 3.05) is 20.2 Å². The Balaban J connectivity index is 0.00000225. The van der Waals surface area contributed by atoms with Gasteiger partial charge in [-0.3, -0.25) is 4.79 Å². The SMILES string of the molecule is COc1ccc(C2(CNC(=O)CC3CCCN3)CCCCC2)cc1.Cl. The van der Waals surface area contributed by atoms with Gasteiger partial charge < -0.3 is 15.4 Å². The molecule has 3 rings (SSSR count). The summed E-state index contributed by atoms with van der Waals surface area (Å²) in [5.74, 6) is 1.08. The first-order valence-electron chi connectivity index (χ1n) is 9.36. The van der Waals surface area contributed by atoms with E-state index < -0.39 is 0 Å². The molecule has 2 N–H and O–H groups in total. The molecule has 5 heteroatoms. The van der Waals surface area contributed by atoms with Gasteiger partial charge in [0.05, 0.1) is 7.11 Å². The Kier molecular flexibility index (Phi) is 7.57. The predicted molar refractivity (Wildman–Crippen MR) is 104 cm³/mol. The predicted octanol–water partition coefficient (Wildman–Crippen LogP) is 3.58. The second-order valence-corrected chi connectivity index (χ2v) is 7.34. The van der Waals surface area contributed by atoms with Crippen LogP contribution in [0.5, 0.6) is 5.75 Å². The van der Waals surface area contributed by atoms with Crippen molar-refractivity contribution in [3.05, 3.63) is 29.8 Å². The maximum absolute atomic E-state index is 12.3. The van der Waals surface area contributed by atoms with Crippen molar-refractivity contribution in [3.8, 4) is 5.75 Å². The molecule has 1 amide bonds. The zero-order chi connectivity index (χ0) is 16.8. The highest BCUT2D eigenvalue weighted by molar-refractivity contribution is 5.85. The minimum atomic E-state index is 0. The lowest BCUT2D eigenvalue weighted by Gasteiger charge is -2.38. The third-order valence-corrected chi connectivity index (χ3v) is 5.73. The van der Waals surface area contributed by atoms with Crippen molar-refractivity contribution in [1.82, 2.24) is 10.6 Å². The van der Waals surface area contributed by atoms with Crippen molar-refractivity contribution in [3.63, 3.8) is 0 Å². The van der Waals surface area contributed by atoms with Gasteiger partial charge in [0, 0.05) is 24.4 Å². The number of amides is 1. The zero-order valence-electron chi connectivity index (χ0n) is 15.2. The molecular formula is C20H31ClN2O2. The topological polar surface area (TPSA) is 50.4 Å². The van der Waals surface area contributed by atoms with Crippen LogP contribution >= 0.6 is 12.4 Å². The van der Waals surface area contributed by atoms with Crippen LogP contribution in [-0.2, 0) is 10.2 Å². The number of benzene rings is 1. The van der Waals surface area contributed by atoms with Gasteiger partial charge in [0.1, 0.15) is 5.75 Å². The van der Waals surface area contributed by atoms with Gasteiger partial charge in [-0.25, -0.2) is 0 Å². The molecule has 1 aliphatic heterocycles. The minimum absolute atomic E-state index is 0. The highest BCUT2D eigenvalue weighted by Gasteiger charge is 2.34. The Hall–Kier alpha value is -1.26. The molecule has 4 nitrogen and oxygen atoms in total. The number of carbonyl (C=O) groups is 1. The number of halogens is 1. The molecule has 2 aliphatic rings. The van der Waals surface area contributed by atoms with Gasteiger partial charge in [-0.1, -0.05) is 31.4 Å². The Morgan fingerprint density at radius 3 is 2.52 bits per heavy atom. The minimum Gasteiger partial charge on any atom is -0.497 e. The second kappa shape index (κ2) is 9.44. The monoisotopic (exact) mass is 366 g/mol. The quantitative estimate of drug-likeness (QED) is 0.809. The Morgan fingerprint density at radius 1 is 1.20 bits per heavy atom. The zero-order valence-corrected chi connectivity index (χ0v) is 16.0. The Morgan fingerprint density at radius 2 is 1.92 bits per heavy atom. The number of rotatable bonds is 6. The average Bonchev–Trinajstić information content (AvgIpc) is 3.14. The molecule has 1 aliphatic carbocycles. The van der Waals surface area contributed by atoms with Crippen molar-refractivity contribution in [2.24, 2.45) is 0 Å². The summed E-state index contributed by atoms with van der Waals surface area (Å²) in [7, 11) is 1.70. The van der Waals surface area contributed by atoms with Crippen molar-refractivity contribution >= 4 is 18.3 Å². The van der Waals surface area contributed by atoms with E-state index in [2.05, 4.69) is 22.8 Å². The van der Waals surface area contributed by atoms with E-state index >= 15 is 0 Å². The number of hydrogen-bond donors (Lipinski definition) is 2. The molecule has 0 spiro atoms. The fraction of sp³-hybridized carbons (Fsp3) is 0.650. The van der Waals surface area contributed by atoms with Crippen LogP contribution in [0.4, 0.5) is 0 Å². The first kappa shape index (κ1) is 20.1. The van der Waals surface area contributed by atoms with Gasteiger partial charge in [-0.05, 0) is 49.9 Å². The summed E-state index contributed by atoms with van der Waals surface area (Å²) < 4.78 is 5.29. The highest BCUT2D eigenvalue weighted by atomic mass is 35.5. The first-order valence-corrected chi connectivity index (χ1v) is 9.36. The molecule has 1 saturated heterocycles. The van der Waals surface area contributed by atoms with Gasteiger partial charge in [-0.15, -0.1) is 12.4 Å². The van der Waals surface area contributed by atoms with Crippen LogP contribution < -0.4 is 15.4 Å². The second-order valence-electron chi connectivity index (χ2n) is 7.34. The molecule has 1 aromatic rings. The lowest BCUT2D eigenvalue weighted by molar-refractivity contribution is -0.121. The summed E-state index contributed by atoms with van der Waals surface area (Å²) in [6.07, 6.45) is 9.02. The maximum Gasteiger partial charge on any atom is 0.221 e. The standard InChI is InChI=1S/C20H30N2O2.ClH/c1-24-18-9-7-16(8-10-18)20(11-3-2-4-12-20)15-22-19(23)14-17-6-5-13-21-17;/h7-10,17,21H,2-6,11-15H2,1H3,(H,22,23);1H. The van der Waals surface area contributed by atoms with E-state index in [0.29, 0.717) is 12.5 Å². The molecule has 140 valence electrons. The van der Waals surface area contributed by atoms with E-state index in [0.717, 1.165) is 38.1 Å². The molecule has 1 saturated carbocycles. The number of carbonyl (C=O) groups excluding carboxylic acids is 1. The van der Waals surface area contributed by atoms with E-state index in [1.807, 2.05) is 12.1 Å². The van der Waals surface area contributed by atoms with E-state index in [1.165, 1.54) is 31.2 Å². The summed E-state index contributed by atoms with van der Waals surface area (Å²) in [6.45, 7) is 1.80. The lowest BCUT2D eigenvalue weighted by atomic mass is 9.69. The summed E-state index contributed by atoms with van der Waals surface area (Å²) in [4.78, 5) is 12.3. The van der Waals surface area contributed by atoms with E-state index in [-0.39, 0.29) is 23.7 Å². The number of nitrogens with one attached hydrogen (secondary N) is 2. The van der Waals surface area contributed by atoms with Gasteiger partial charge in [0.25, 0.3) is 0 Å². The molecule has 0 bridgehead atoms. The normalized spacial score (nSPS) is 22.0. The number of methoxy groups -OCH3 is 1. The van der Waals surface area contributed by atoms with Gasteiger partial charge in [0.2, 0.25) is 5.91 Å². The highest BCUT2D eigenvalue weighted by Crippen LogP contribution is 2.39. The summed E-state index contributed by atoms with van der Waals surface area (Å²) in [5, 5.41) is 6.64. The van der Waals surface area contributed by atoms with Crippen LogP contribution in [-0.4, -0.2) is 32.1 Å². The Labute approximate surface area is 157 Å². The fourth-order valence-corrected chi connectivity index (χ4v) is 4.24. The first-order chi connectivity index (χ1) is 11.7. The van der Waals surface area contributed by atoms with Crippen LogP contribution in [0.1, 0.15) is 56.9 Å². The molecular weight excluding hydrogens is 336 g/mol. The molecule has 1 atom stereocenters. The number of hydrogen-bond acceptors (Lipinski definition) is 3. The van der Waals surface area contributed by atoms with Crippen molar-refractivity contribution in [2.45, 2.75) is 62.8 Å². The van der Waals surface area contributed by atoms with Crippen LogP contribution in [0.3, 0.4) is 0 Å². The van der Waals surface area contributed by atoms with Gasteiger partial charge in [0.15, 0.2) is 0 Å². The third kappa shape index (κ3) is 5.11. The molecule has 1 unspecified atom stereocenters. The molecule has 1 heterocycles. The van der Waals surface area contributed by atoms with Crippen LogP contribution in [0.25, 0.3) is 0 Å². The van der Waals surface area contributed by atoms with Crippen molar-refractivity contribution in [1.29, 1.82) is 0 Å². The van der Waals surface area contributed by atoms with Crippen LogP contribution in [0.15, 0.2) is 24.3 Å². The third-order valence-electron chi connectivity index (χ3n) is 5.73. The van der Waals surface area contributed by atoms with E-state index in [9.17, 15) is 4.79 Å². The summed E-state index contributed by atoms with van der Waals surface area (Å²) >= 11 is 0. The van der Waals surface area contributed by atoms with Crippen LogP contribution in [0, 0.1) is 0 Å².